The molecule has 8 nitrogen and oxygen atoms in total. The summed E-state index contributed by atoms with van der Waals surface area (Å²) in [6.07, 6.45) is 4.74. The fraction of sp³-hybridized carbons (Fsp3) is 0.647. The number of aliphatic imine (C=N–C) groups is 1. The van der Waals surface area contributed by atoms with E-state index >= 15 is 0 Å². The van der Waals surface area contributed by atoms with Crippen molar-refractivity contribution in [3.63, 3.8) is 0 Å². The van der Waals surface area contributed by atoms with Crippen LogP contribution in [0.3, 0.4) is 0 Å². The maximum absolute atomic E-state index is 4.58. The second kappa shape index (κ2) is 8.64. The van der Waals surface area contributed by atoms with E-state index in [2.05, 4.69) is 62.0 Å². The highest BCUT2D eigenvalue weighted by molar-refractivity contribution is 5.79. The molecule has 0 fully saturated rings. The molecule has 0 spiro atoms. The molecular weight excluding hydrogens is 316 g/mol. The third kappa shape index (κ3) is 4.80. The first kappa shape index (κ1) is 19.0. The van der Waals surface area contributed by atoms with Crippen LogP contribution >= 0.6 is 0 Å². The van der Waals surface area contributed by atoms with E-state index in [1.54, 1.807) is 6.33 Å². The molecule has 0 aliphatic heterocycles. The zero-order chi connectivity index (χ0) is 18.4. The molecule has 0 aromatic carbocycles. The molecule has 0 amide bonds. The van der Waals surface area contributed by atoms with Crippen molar-refractivity contribution in [1.29, 1.82) is 0 Å². The molecule has 0 bridgehead atoms. The van der Waals surface area contributed by atoms with Gasteiger partial charge in [0.25, 0.3) is 0 Å². The Hall–Kier alpha value is -2.38. The number of rotatable bonds is 7. The van der Waals surface area contributed by atoms with Gasteiger partial charge in [-0.2, -0.15) is 5.10 Å². The minimum atomic E-state index is 0.404. The smallest absolute Gasteiger partial charge is 0.193 e. The van der Waals surface area contributed by atoms with Crippen LogP contribution in [0.2, 0.25) is 0 Å². The quantitative estimate of drug-likeness (QED) is 0.606. The Morgan fingerprint density at radius 2 is 2.16 bits per heavy atom. The second-order valence-corrected chi connectivity index (χ2v) is 6.49. The van der Waals surface area contributed by atoms with Crippen LogP contribution in [0.4, 0.5) is 0 Å². The molecule has 138 valence electrons. The number of hydrogen-bond donors (Lipinski definition) is 1. The van der Waals surface area contributed by atoms with Crippen LogP contribution in [-0.2, 0) is 26.6 Å². The van der Waals surface area contributed by atoms with E-state index in [0.717, 1.165) is 43.5 Å². The first-order chi connectivity index (χ1) is 12.0. The molecule has 2 rings (SSSR count). The van der Waals surface area contributed by atoms with Gasteiger partial charge in [-0.3, -0.25) is 9.67 Å². The van der Waals surface area contributed by atoms with Gasteiger partial charge in [0.15, 0.2) is 5.96 Å². The van der Waals surface area contributed by atoms with Crippen LogP contribution in [0.15, 0.2) is 17.5 Å². The Labute approximate surface area is 150 Å². The highest BCUT2D eigenvalue weighted by Gasteiger charge is 2.15. The number of aromatic nitrogens is 5. The second-order valence-electron chi connectivity index (χ2n) is 6.49. The van der Waals surface area contributed by atoms with E-state index < -0.39 is 0 Å². The molecule has 0 radical (unpaired) electrons. The van der Waals surface area contributed by atoms with Crippen LogP contribution in [0.25, 0.3) is 0 Å². The van der Waals surface area contributed by atoms with E-state index in [-0.39, 0.29) is 0 Å². The standard InChI is InChI=1S/C17H30N8/c1-7-15-21-20-12-25(15)9-8-19-17(18-4)23(5)10-14-11-24(6)22-16(14)13(2)3/h11-13H,7-10H2,1-6H3,(H,18,19). The van der Waals surface area contributed by atoms with Gasteiger partial charge in [-0.25, -0.2) is 0 Å². The zero-order valence-corrected chi connectivity index (χ0v) is 16.2. The SMILES string of the molecule is CCc1nncn1CCNC(=NC)N(C)Cc1cn(C)nc1C(C)C. The molecule has 2 aromatic heterocycles. The Morgan fingerprint density at radius 3 is 2.80 bits per heavy atom. The summed E-state index contributed by atoms with van der Waals surface area (Å²) < 4.78 is 3.95. The summed E-state index contributed by atoms with van der Waals surface area (Å²) in [5, 5.41) is 16.1. The molecule has 0 saturated carbocycles. The van der Waals surface area contributed by atoms with Crippen LogP contribution < -0.4 is 5.32 Å². The number of aryl methyl sites for hydroxylation is 2. The van der Waals surface area contributed by atoms with Crippen LogP contribution in [0.1, 0.15) is 43.8 Å². The van der Waals surface area contributed by atoms with Gasteiger partial charge in [-0.05, 0) is 5.92 Å². The fourth-order valence-corrected chi connectivity index (χ4v) is 2.91. The molecular formula is C17H30N8. The summed E-state index contributed by atoms with van der Waals surface area (Å²) in [5.74, 6) is 2.27. The van der Waals surface area contributed by atoms with Crippen molar-refractivity contribution in [2.24, 2.45) is 12.0 Å². The monoisotopic (exact) mass is 346 g/mol. The van der Waals surface area contributed by atoms with Crippen molar-refractivity contribution >= 4 is 5.96 Å². The molecule has 0 aliphatic rings. The van der Waals surface area contributed by atoms with Crippen LogP contribution in [0.5, 0.6) is 0 Å². The third-order valence-corrected chi connectivity index (χ3v) is 4.11. The van der Waals surface area contributed by atoms with Gasteiger partial charge in [0.2, 0.25) is 0 Å². The summed E-state index contributed by atoms with van der Waals surface area (Å²) >= 11 is 0. The molecule has 25 heavy (non-hydrogen) atoms. The number of guanidine groups is 1. The van der Waals surface area contributed by atoms with Crippen LogP contribution in [0, 0.1) is 0 Å². The van der Waals surface area contributed by atoms with Gasteiger partial charge in [-0.15, -0.1) is 10.2 Å². The summed E-state index contributed by atoms with van der Waals surface area (Å²) in [7, 11) is 5.82. The van der Waals surface area contributed by atoms with Gasteiger partial charge in [0.1, 0.15) is 12.2 Å². The number of nitrogens with zero attached hydrogens (tertiary/aromatic N) is 7. The molecule has 0 saturated heterocycles. The summed E-state index contributed by atoms with van der Waals surface area (Å²) in [6.45, 7) is 8.78. The molecule has 8 heteroatoms. The molecule has 0 unspecified atom stereocenters. The minimum absolute atomic E-state index is 0.404. The molecule has 2 heterocycles. The first-order valence-electron chi connectivity index (χ1n) is 8.77. The maximum atomic E-state index is 4.58. The lowest BCUT2D eigenvalue weighted by Gasteiger charge is -2.22. The van der Waals surface area contributed by atoms with Crippen molar-refractivity contribution in [1.82, 2.24) is 34.8 Å². The fourth-order valence-electron chi connectivity index (χ4n) is 2.91. The number of nitrogens with one attached hydrogen (secondary N) is 1. The normalized spacial score (nSPS) is 12.0. The predicted octanol–water partition coefficient (Wildman–Crippen LogP) is 1.40. The van der Waals surface area contributed by atoms with Gasteiger partial charge in [0, 0.05) is 59.0 Å². The lowest BCUT2D eigenvalue weighted by atomic mass is 10.1. The first-order valence-corrected chi connectivity index (χ1v) is 8.77. The molecule has 1 N–H and O–H groups in total. The Balaban J connectivity index is 1.94. The average Bonchev–Trinajstić information content (AvgIpc) is 3.17. The Kier molecular flexibility index (Phi) is 6.55. The van der Waals surface area contributed by atoms with Gasteiger partial charge in [0.05, 0.1) is 5.69 Å². The van der Waals surface area contributed by atoms with Gasteiger partial charge in [-0.1, -0.05) is 20.8 Å². The molecule has 2 aromatic rings. The van der Waals surface area contributed by atoms with Crippen molar-refractivity contribution in [3.8, 4) is 0 Å². The Morgan fingerprint density at radius 1 is 1.40 bits per heavy atom. The summed E-state index contributed by atoms with van der Waals surface area (Å²) in [4.78, 5) is 6.51. The summed E-state index contributed by atoms with van der Waals surface area (Å²) in [6, 6.07) is 0. The van der Waals surface area contributed by atoms with Gasteiger partial charge >= 0.3 is 0 Å². The maximum Gasteiger partial charge on any atom is 0.193 e. The van der Waals surface area contributed by atoms with E-state index in [9.17, 15) is 0 Å². The Bertz CT molecular complexity index is 697. The van der Waals surface area contributed by atoms with Crippen molar-refractivity contribution < 1.29 is 0 Å². The van der Waals surface area contributed by atoms with Gasteiger partial charge < -0.3 is 14.8 Å². The average molecular weight is 346 g/mol. The highest BCUT2D eigenvalue weighted by Crippen LogP contribution is 2.18. The van der Waals surface area contributed by atoms with E-state index in [0.29, 0.717) is 5.92 Å². The predicted molar refractivity (Wildman–Crippen MR) is 99.5 cm³/mol. The van der Waals surface area contributed by atoms with Crippen molar-refractivity contribution in [2.45, 2.75) is 46.2 Å². The van der Waals surface area contributed by atoms with Crippen LogP contribution in [-0.4, -0.2) is 56.0 Å². The lowest BCUT2D eigenvalue weighted by molar-refractivity contribution is 0.469. The largest absolute Gasteiger partial charge is 0.354 e. The van der Waals surface area contributed by atoms with E-state index in [4.69, 9.17) is 0 Å². The number of hydrogen-bond acceptors (Lipinski definition) is 4. The summed E-state index contributed by atoms with van der Waals surface area (Å²) in [5.41, 5.74) is 2.37. The topological polar surface area (TPSA) is 76.2 Å². The molecule has 0 aliphatic carbocycles. The van der Waals surface area contributed by atoms with Crippen molar-refractivity contribution in [3.05, 3.63) is 29.6 Å². The third-order valence-electron chi connectivity index (χ3n) is 4.11. The van der Waals surface area contributed by atoms with Crippen molar-refractivity contribution in [2.75, 3.05) is 20.6 Å². The van der Waals surface area contributed by atoms with E-state index in [1.807, 2.05) is 25.8 Å². The van der Waals surface area contributed by atoms with E-state index in [1.165, 1.54) is 5.56 Å². The lowest BCUT2D eigenvalue weighted by Crippen LogP contribution is -2.40. The zero-order valence-electron chi connectivity index (χ0n) is 16.2. The molecule has 0 atom stereocenters. The highest BCUT2D eigenvalue weighted by atomic mass is 15.3. The minimum Gasteiger partial charge on any atom is -0.354 e.